The van der Waals surface area contributed by atoms with Crippen molar-refractivity contribution < 1.29 is 22.7 Å². The highest BCUT2D eigenvalue weighted by molar-refractivity contribution is 6.29. The maximum Gasteiger partial charge on any atom is 0.417 e. The van der Waals surface area contributed by atoms with Gasteiger partial charge in [0.15, 0.2) is 5.15 Å². The number of benzene rings is 1. The van der Waals surface area contributed by atoms with E-state index in [0.717, 1.165) is 6.07 Å². The zero-order valence-electron chi connectivity index (χ0n) is 12.8. The number of alkyl halides is 3. The summed E-state index contributed by atoms with van der Waals surface area (Å²) in [5.41, 5.74) is -1.26. The van der Waals surface area contributed by atoms with Crippen LogP contribution in [0.25, 0.3) is 0 Å². The van der Waals surface area contributed by atoms with E-state index >= 15 is 0 Å². The average molecular weight is 372 g/mol. The van der Waals surface area contributed by atoms with Gasteiger partial charge in [-0.25, -0.2) is 0 Å². The molecular weight excluding hydrogens is 359 g/mol. The lowest BCUT2D eigenvalue weighted by molar-refractivity contribution is -0.138. The number of likely N-dealkylation sites (tertiary alicyclic amines) is 1. The molecule has 2 aromatic rings. The Bertz CT molecular complexity index is 779. The van der Waals surface area contributed by atoms with E-state index in [9.17, 15) is 18.0 Å². The minimum absolute atomic E-state index is 0.0165. The molecule has 0 unspecified atom stereocenters. The van der Waals surface area contributed by atoms with Crippen molar-refractivity contribution in [2.75, 3.05) is 19.7 Å². The minimum atomic E-state index is -4.56. The Hall–Kier alpha value is -2.35. The molecule has 1 saturated heterocycles. The fourth-order valence-electron chi connectivity index (χ4n) is 2.53. The number of hydrogen-bond donors (Lipinski definition) is 0. The monoisotopic (exact) mass is 371 g/mol. The fourth-order valence-corrected chi connectivity index (χ4v) is 2.67. The van der Waals surface area contributed by atoms with Gasteiger partial charge in [-0.2, -0.15) is 18.2 Å². The number of halogens is 4. The minimum Gasteiger partial charge on any atom is -0.476 e. The molecule has 25 heavy (non-hydrogen) atoms. The summed E-state index contributed by atoms with van der Waals surface area (Å²) in [5.74, 6) is -0.353. The lowest BCUT2D eigenvalue weighted by Gasteiger charge is -2.39. The van der Waals surface area contributed by atoms with E-state index in [-0.39, 0.29) is 29.1 Å². The second-order valence-corrected chi connectivity index (χ2v) is 6.00. The quantitative estimate of drug-likeness (QED) is 0.827. The largest absolute Gasteiger partial charge is 0.476 e. The van der Waals surface area contributed by atoms with Gasteiger partial charge in [0.05, 0.1) is 30.1 Å². The maximum atomic E-state index is 13.0. The molecule has 0 N–H and O–H groups in total. The predicted molar refractivity (Wildman–Crippen MR) is 83.4 cm³/mol. The van der Waals surface area contributed by atoms with E-state index in [2.05, 4.69) is 9.97 Å². The molecule has 1 fully saturated rings. The molecule has 0 saturated carbocycles. The van der Waals surface area contributed by atoms with Crippen LogP contribution in [0.3, 0.4) is 0 Å². The normalized spacial score (nSPS) is 15.0. The summed E-state index contributed by atoms with van der Waals surface area (Å²) in [5, 5.41) is 0.201. The van der Waals surface area contributed by atoms with E-state index in [1.165, 1.54) is 35.5 Å². The second kappa shape index (κ2) is 6.87. The summed E-state index contributed by atoms with van der Waals surface area (Å²) in [7, 11) is 0. The molecule has 132 valence electrons. The van der Waals surface area contributed by atoms with Gasteiger partial charge in [0.1, 0.15) is 0 Å². The Balaban J connectivity index is 1.57. The van der Waals surface area contributed by atoms with E-state index < -0.39 is 17.6 Å². The number of amides is 1. The third kappa shape index (κ3) is 4.01. The standard InChI is InChI=1S/C16H13ClF3N3O2/c17-13-5-21-6-14(22-13)25-9-10-7-23(8-10)15(24)11-3-1-2-4-12(11)16(18,19)20/h1-6,10H,7-9H2. The smallest absolute Gasteiger partial charge is 0.417 e. The molecular formula is C16H13ClF3N3O2. The zero-order valence-corrected chi connectivity index (χ0v) is 13.6. The van der Waals surface area contributed by atoms with Crippen LogP contribution in [0.15, 0.2) is 36.7 Å². The van der Waals surface area contributed by atoms with Crippen molar-refractivity contribution in [3.63, 3.8) is 0 Å². The van der Waals surface area contributed by atoms with E-state index in [1.54, 1.807) is 0 Å². The molecule has 3 rings (SSSR count). The van der Waals surface area contributed by atoms with Crippen LogP contribution in [-0.2, 0) is 6.18 Å². The molecule has 0 atom stereocenters. The van der Waals surface area contributed by atoms with Crippen LogP contribution in [0, 0.1) is 5.92 Å². The first-order chi connectivity index (χ1) is 11.8. The van der Waals surface area contributed by atoms with Gasteiger partial charge in [0.2, 0.25) is 5.88 Å². The van der Waals surface area contributed by atoms with Crippen LogP contribution in [0.5, 0.6) is 5.88 Å². The highest BCUT2D eigenvalue weighted by Crippen LogP contribution is 2.33. The molecule has 1 aliphatic rings. The number of carbonyl (C=O) groups excluding carboxylic acids is 1. The Kier molecular flexibility index (Phi) is 4.80. The number of ether oxygens (including phenoxy) is 1. The molecule has 1 aliphatic heterocycles. The van der Waals surface area contributed by atoms with Crippen LogP contribution in [-0.4, -0.2) is 40.5 Å². The summed E-state index contributed by atoms with van der Waals surface area (Å²) < 4.78 is 44.4. The maximum absolute atomic E-state index is 13.0. The fraction of sp³-hybridized carbons (Fsp3) is 0.312. The van der Waals surface area contributed by atoms with Crippen molar-refractivity contribution in [2.45, 2.75) is 6.18 Å². The zero-order chi connectivity index (χ0) is 18.0. The number of aromatic nitrogens is 2. The number of hydrogen-bond acceptors (Lipinski definition) is 4. The first kappa shape index (κ1) is 17.5. The van der Waals surface area contributed by atoms with Crippen molar-refractivity contribution in [2.24, 2.45) is 5.92 Å². The molecule has 0 bridgehead atoms. The van der Waals surface area contributed by atoms with Crippen LogP contribution >= 0.6 is 11.6 Å². The van der Waals surface area contributed by atoms with Gasteiger partial charge < -0.3 is 9.64 Å². The van der Waals surface area contributed by atoms with Crippen LogP contribution in [0.2, 0.25) is 5.15 Å². The SMILES string of the molecule is O=C(c1ccccc1C(F)(F)F)N1CC(COc2cncc(Cl)n2)C1. The number of carbonyl (C=O) groups is 1. The average Bonchev–Trinajstić information content (AvgIpc) is 2.52. The molecule has 1 aromatic heterocycles. The van der Waals surface area contributed by atoms with Gasteiger partial charge >= 0.3 is 6.18 Å². The lowest BCUT2D eigenvalue weighted by atomic mass is 9.98. The summed E-state index contributed by atoms with van der Waals surface area (Å²) in [6, 6.07) is 4.78. The first-order valence-electron chi connectivity index (χ1n) is 7.40. The highest BCUT2D eigenvalue weighted by Gasteiger charge is 2.38. The van der Waals surface area contributed by atoms with Crippen molar-refractivity contribution in [1.29, 1.82) is 0 Å². The molecule has 0 spiro atoms. The molecule has 9 heteroatoms. The van der Waals surface area contributed by atoms with Crippen LogP contribution in [0.4, 0.5) is 13.2 Å². The number of rotatable bonds is 4. The van der Waals surface area contributed by atoms with Gasteiger partial charge in [-0.05, 0) is 12.1 Å². The number of nitrogens with zero attached hydrogens (tertiary/aromatic N) is 3. The Labute approximate surface area is 146 Å². The van der Waals surface area contributed by atoms with E-state index in [4.69, 9.17) is 16.3 Å². The molecule has 0 radical (unpaired) electrons. The Morgan fingerprint density at radius 3 is 2.68 bits per heavy atom. The molecule has 2 heterocycles. The highest BCUT2D eigenvalue weighted by atomic mass is 35.5. The third-order valence-corrected chi connectivity index (χ3v) is 3.94. The summed E-state index contributed by atoms with van der Waals surface area (Å²) >= 11 is 5.69. The summed E-state index contributed by atoms with van der Waals surface area (Å²) in [6.07, 6.45) is -1.78. The van der Waals surface area contributed by atoms with Crippen LogP contribution in [0.1, 0.15) is 15.9 Å². The van der Waals surface area contributed by atoms with Crippen molar-refractivity contribution in [3.8, 4) is 5.88 Å². The first-order valence-corrected chi connectivity index (χ1v) is 7.78. The van der Waals surface area contributed by atoms with Crippen molar-refractivity contribution in [1.82, 2.24) is 14.9 Å². The summed E-state index contributed by atoms with van der Waals surface area (Å²) in [4.78, 5) is 21.4. The lowest BCUT2D eigenvalue weighted by Crippen LogP contribution is -2.52. The van der Waals surface area contributed by atoms with Crippen molar-refractivity contribution >= 4 is 17.5 Å². The van der Waals surface area contributed by atoms with Gasteiger partial charge in [-0.15, -0.1) is 0 Å². The topological polar surface area (TPSA) is 55.3 Å². The molecule has 5 nitrogen and oxygen atoms in total. The molecule has 0 aliphatic carbocycles. The van der Waals surface area contributed by atoms with Gasteiger partial charge in [-0.1, -0.05) is 23.7 Å². The molecule has 1 aromatic carbocycles. The summed E-state index contributed by atoms with van der Waals surface area (Å²) in [6.45, 7) is 0.914. The van der Waals surface area contributed by atoms with Crippen LogP contribution < -0.4 is 4.74 Å². The molecule has 1 amide bonds. The predicted octanol–water partition coefficient (Wildman–Crippen LogP) is 3.30. The third-order valence-electron chi connectivity index (χ3n) is 3.76. The van der Waals surface area contributed by atoms with E-state index in [1.807, 2.05) is 0 Å². The van der Waals surface area contributed by atoms with Gasteiger partial charge in [-0.3, -0.25) is 9.78 Å². The van der Waals surface area contributed by atoms with Gasteiger partial charge in [0, 0.05) is 19.0 Å². The Morgan fingerprint density at radius 2 is 2.00 bits per heavy atom. The van der Waals surface area contributed by atoms with Crippen molar-refractivity contribution in [3.05, 3.63) is 52.9 Å². The second-order valence-electron chi connectivity index (χ2n) is 5.61. The Morgan fingerprint density at radius 1 is 1.28 bits per heavy atom. The van der Waals surface area contributed by atoms with E-state index in [0.29, 0.717) is 13.1 Å². The van der Waals surface area contributed by atoms with Gasteiger partial charge in [0.25, 0.3) is 5.91 Å².